The highest BCUT2D eigenvalue weighted by atomic mass is 32.2. The molecule has 3 rings (SSSR count). The van der Waals surface area contributed by atoms with Crippen LogP contribution in [0.25, 0.3) is 11.0 Å². The number of benzene rings is 2. The molecule has 1 aromatic heterocycles. The zero-order valence-electron chi connectivity index (χ0n) is 15.1. The van der Waals surface area contributed by atoms with Gasteiger partial charge in [0.15, 0.2) is 5.16 Å². The third kappa shape index (κ3) is 4.78. The van der Waals surface area contributed by atoms with Crippen LogP contribution in [0.4, 0.5) is 0 Å². The molecule has 3 aromatic rings. The van der Waals surface area contributed by atoms with Gasteiger partial charge >= 0.3 is 0 Å². The van der Waals surface area contributed by atoms with Gasteiger partial charge in [-0.05, 0) is 36.8 Å². The predicted molar refractivity (Wildman–Crippen MR) is 105 cm³/mol. The minimum Gasteiger partial charge on any atom is -0.491 e. The normalized spacial score (nSPS) is 12.4. The van der Waals surface area contributed by atoms with Crippen LogP contribution in [0.3, 0.4) is 0 Å². The van der Waals surface area contributed by atoms with Crippen LogP contribution in [0.1, 0.15) is 5.56 Å². The Labute approximate surface area is 158 Å². The van der Waals surface area contributed by atoms with Crippen molar-refractivity contribution in [2.75, 3.05) is 26.1 Å². The maximum atomic E-state index is 10.3. The number of nitrogens with zero attached hydrogens (tertiary/aromatic N) is 2. The van der Waals surface area contributed by atoms with Crippen LogP contribution in [0.2, 0.25) is 0 Å². The molecule has 0 saturated carbocycles. The summed E-state index contributed by atoms with van der Waals surface area (Å²) in [6.45, 7) is 3.63. The molecule has 1 heterocycles. The molecule has 26 heavy (non-hydrogen) atoms. The number of fused-ring (bicyclic) bond motifs is 1. The molecule has 6 heteroatoms. The van der Waals surface area contributed by atoms with Crippen molar-refractivity contribution in [1.29, 1.82) is 0 Å². The van der Waals surface area contributed by atoms with E-state index in [4.69, 9.17) is 9.47 Å². The monoisotopic (exact) mass is 372 g/mol. The summed E-state index contributed by atoms with van der Waals surface area (Å²) in [5, 5.41) is 11.2. The second-order valence-corrected chi connectivity index (χ2v) is 7.11. The van der Waals surface area contributed by atoms with E-state index in [0.717, 1.165) is 34.0 Å². The molecule has 1 N–H and O–H groups in total. The minimum atomic E-state index is -0.573. The van der Waals surface area contributed by atoms with Crippen molar-refractivity contribution in [3.05, 3.63) is 54.1 Å². The number of imidazole rings is 1. The summed E-state index contributed by atoms with van der Waals surface area (Å²) < 4.78 is 13.0. The van der Waals surface area contributed by atoms with Gasteiger partial charge in [0.05, 0.1) is 23.7 Å². The number of ether oxygens (including phenoxy) is 2. The lowest BCUT2D eigenvalue weighted by Crippen LogP contribution is -2.20. The lowest BCUT2D eigenvalue weighted by Gasteiger charge is -2.13. The zero-order chi connectivity index (χ0) is 18.4. The van der Waals surface area contributed by atoms with Crippen LogP contribution in [0, 0.1) is 6.92 Å². The van der Waals surface area contributed by atoms with Crippen LogP contribution in [0.15, 0.2) is 53.7 Å². The molecule has 5 nitrogen and oxygen atoms in total. The standard InChI is InChI=1S/C20H24N2O3S/c1-15-6-5-7-17(12-15)25-13-16(23)14-26-20-21-18-8-3-4-9-19(18)22(20)10-11-24-2/h3-9,12,16,23H,10-11,13-14H2,1-2H3. The quantitative estimate of drug-likeness (QED) is 0.583. The number of thioether (sulfide) groups is 1. The van der Waals surface area contributed by atoms with Gasteiger partial charge in [0.1, 0.15) is 12.4 Å². The van der Waals surface area contributed by atoms with Gasteiger partial charge in [-0.1, -0.05) is 36.0 Å². The van der Waals surface area contributed by atoms with Gasteiger partial charge < -0.3 is 19.1 Å². The summed E-state index contributed by atoms with van der Waals surface area (Å²) in [6.07, 6.45) is -0.573. The summed E-state index contributed by atoms with van der Waals surface area (Å²) in [6, 6.07) is 15.9. The third-order valence-corrected chi connectivity index (χ3v) is 5.10. The first-order valence-corrected chi connectivity index (χ1v) is 9.60. The van der Waals surface area contributed by atoms with Crippen LogP contribution in [-0.4, -0.2) is 46.8 Å². The van der Waals surface area contributed by atoms with Gasteiger partial charge in [-0.25, -0.2) is 4.98 Å². The summed E-state index contributed by atoms with van der Waals surface area (Å²) in [4.78, 5) is 4.69. The molecule has 0 bridgehead atoms. The largest absolute Gasteiger partial charge is 0.491 e. The fourth-order valence-electron chi connectivity index (χ4n) is 2.68. The van der Waals surface area contributed by atoms with Crippen molar-refractivity contribution in [2.45, 2.75) is 24.7 Å². The van der Waals surface area contributed by atoms with E-state index in [1.165, 1.54) is 11.8 Å². The Balaban J connectivity index is 1.61. The lowest BCUT2D eigenvalue weighted by atomic mass is 10.2. The van der Waals surface area contributed by atoms with Crippen molar-refractivity contribution in [2.24, 2.45) is 0 Å². The zero-order valence-corrected chi connectivity index (χ0v) is 15.9. The number of methoxy groups -OCH3 is 1. The molecular formula is C20H24N2O3S. The van der Waals surface area contributed by atoms with Crippen molar-refractivity contribution in [1.82, 2.24) is 9.55 Å². The van der Waals surface area contributed by atoms with E-state index in [-0.39, 0.29) is 6.61 Å². The van der Waals surface area contributed by atoms with Crippen LogP contribution < -0.4 is 4.74 Å². The molecule has 1 atom stereocenters. The average Bonchev–Trinajstić information content (AvgIpc) is 3.00. The Morgan fingerprint density at radius 1 is 1.19 bits per heavy atom. The Morgan fingerprint density at radius 3 is 2.85 bits per heavy atom. The second-order valence-electron chi connectivity index (χ2n) is 6.12. The van der Waals surface area contributed by atoms with E-state index < -0.39 is 6.10 Å². The third-order valence-electron chi connectivity index (χ3n) is 3.98. The molecule has 0 aliphatic carbocycles. The van der Waals surface area contributed by atoms with Gasteiger partial charge in [-0.2, -0.15) is 0 Å². The first-order chi connectivity index (χ1) is 12.7. The number of rotatable bonds is 9. The molecule has 138 valence electrons. The highest BCUT2D eigenvalue weighted by Gasteiger charge is 2.13. The molecule has 1 unspecified atom stereocenters. The lowest BCUT2D eigenvalue weighted by molar-refractivity contribution is 0.126. The summed E-state index contributed by atoms with van der Waals surface area (Å²) in [5.74, 6) is 1.30. The number of hydrogen-bond donors (Lipinski definition) is 1. The van der Waals surface area contributed by atoms with Crippen molar-refractivity contribution in [3.8, 4) is 5.75 Å². The van der Waals surface area contributed by atoms with Crippen molar-refractivity contribution >= 4 is 22.8 Å². The van der Waals surface area contributed by atoms with Crippen molar-refractivity contribution < 1.29 is 14.6 Å². The highest BCUT2D eigenvalue weighted by Crippen LogP contribution is 2.24. The molecule has 0 spiro atoms. The van der Waals surface area contributed by atoms with Gasteiger partial charge in [-0.15, -0.1) is 0 Å². The van der Waals surface area contributed by atoms with E-state index in [9.17, 15) is 5.11 Å². The van der Waals surface area contributed by atoms with Gasteiger partial charge in [0.25, 0.3) is 0 Å². The van der Waals surface area contributed by atoms with Crippen LogP contribution >= 0.6 is 11.8 Å². The fraction of sp³-hybridized carbons (Fsp3) is 0.350. The Hall–Kier alpha value is -2.02. The Morgan fingerprint density at radius 2 is 2.04 bits per heavy atom. The number of aryl methyl sites for hydroxylation is 1. The highest BCUT2D eigenvalue weighted by molar-refractivity contribution is 7.99. The molecule has 0 saturated heterocycles. The Bertz CT molecular complexity index is 850. The summed E-state index contributed by atoms with van der Waals surface area (Å²) in [7, 11) is 1.69. The first kappa shape index (κ1) is 18.8. The van der Waals surface area contributed by atoms with Crippen LogP contribution in [0.5, 0.6) is 5.75 Å². The summed E-state index contributed by atoms with van der Waals surface area (Å²) >= 11 is 1.54. The molecule has 0 aliphatic heterocycles. The number of para-hydroxylation sites is 2. The minimum absolute atomic E-state index is 0.259. The number of aliphatic hydroxyl groups is 1. The van der Waals surface area contributed by atoms with Crippen molar-refractivity contribution in [3.63, 3.8) is 0 Å². The smallest absolute Gasteiger partial charge is 0.169 e. The van der Waals surface area contributed by atoms with E-state index in [2.05, 4.69) is 15.6 Å². The van der Waals surface area contributed by atoms with Crippen LogP contribution in [-0.2, 0) is 11.3 Å². The van der Waals surface area contributed by atoms with Gasteiger partial charge in [-0.3, -0.25) is 0 Å². The summed E-state index contributed by atoms with van der Waals surface area (Å²) in [5.41, 5.74) is 3.17. The van der Waals surface area contributed by atoms with Gasteiger partial charge in [0, 0.05) is 19.4 Å². The number of hydrogen-bond acceptors (Lipinski definition) is 5. The SMILES string of the molecule is COCCn1c(SCC(O)COc2cccc(C)c2)nc2ccccc21. The fourth-order valence-corrected chi connectivity index (χ4v) is 3.62. The van der Waals surface area contributed by atoms with E-state index >= 15 is 0 Å². The molecule has 0 aliphatic rings. The topological polar surface area (TPSA) is 56.5 Å². The maximum absolute atomic E-state index is 10.3. The predicted octanol–water partition coefficient (Wildman–Crippen LogP) is 3.52. The molecular weight excluding hydrogens is 348 g/mol. The second kappa shape index (κ2) is 9.07. The molecule has 0 radical (unpaired) electrons. The molecule has 2 aromatic carbocycles. The Kier molecular flexibility index (Phi) is 6.55. The van der Waals surface area contributed by atoms with E-state index in [1.54, 1.807) is 7.11 Å². The maximum Gasteiger partial charge on any atom is 0.169 e. The number of aliphatic hydroxyl groups excluding tert-OH is 1. The first-order valence-electron chi connectivity index (χ1n) is 8.62. The van der Waals surface area contributed by atoms with E-state index in [1.807, 2.05) is 49.4 Å². The molecule has 0 fully saturated rings. The van der Waals surface area contributed by atoms with Gasteiger partial charge in [0.2, 0.25) is 0 Å². The molecule has 0 amide bonds. The number of aromatic nitrogens is 2. The van der Waals surface area contributed by atoms with E-state index in [0.29, 0.717) is 12.4 Å². The average molecular weight is 372 g/mol.